The number of halogens is 2. The van der Waals surface area contributed by atoms with Gasteiger partial charge in [0.05, 0.1) is 22.7 Å². The van der Waals surface area contributed by atoms with Crippen LogP contribution >= 0.6 is 23.2 Å². The lowest BCUT2D eigenvalue weighted by Gasteiger charge is -2.11. The molecule has 0 aliphatic carbocycles. The van der Waals surface area contributed by atoms with E-state index < -0.39 is 0 Å². The molecular weight excluding hydrogens is 299 g/mol. The van der Waals surface area contributed by atoms with Crippen LogP contribution in [0.2, 0.25) is 10.0 Å². The van der Waals surface area contributed by atoms with Crippen LogP contribution in [0.3, 0.4) is 0 Å². The van der Waals surface area contributed by atoms with E-state index in [0.29, 0.717) is 29.0 Å². The lowest BCUT2D eigenvalue weighted by atomic mass is 10.2. The van der Waals surface area contributed by atoms with Gasteiger partial charge in [0.1, 0.15) is 5.69 Å². The summed E-state index contributed by atoms with van der Waals surface area (Å²) in [5, 5.41) is 4.72. The minimum atomic E-state index is -0.119. The predicted octanol–water partition coefficient (Wildman–Crippen LogP) is 3.00. The molecule has 4 nitrogen and oxygen atoms in total. The first-order valence-electron chi connectivity index (χ1n) is 6.40. The quantitative estimate of drug-likeness (QED) is 0.926. The van der Waals surface area contributed by atoms with Crippen LogP contribution in [0.15, 0.2) is 18.2 Å². The van der Waals surface area contributed by atoms with Crippen molar-refractivity contribution in [1.82, 2.24) is 9.88 Å². The van der Waals surface area contributed by atoms with Gasteiger partial charge in [-0.3, -0.25) is 4.79 Å². The van der Waals surface area contributed by atoms with Gasteiger partial charge in [0, 0.05) is 24.6 Å². The van der Waals surface area contributed by atoms with Crippen LogP contribution < -0.4 is 5.32 Å². The van der Waals surface area contributed by atoms with Gasteiger partial charge >= 0.3 is 0 Å². The first-order chi connectivity index (χ1) is 9.58. The van der Waals surface area contributed by atoms with Gasteiger partial charge in [-0.15, -0.1) is 0 Å². The van der Waals surface area contributed by atoms with E-state index >= 15 is 0 Å². The van der Waals surface area contributed by atoms with Crippen molar-refractivity contribution in [2.75, 3.05) is 13.2 Å². The van der Waals surface area contributed by atoms with Crippen molar-refractivity contribution in [1.29, 1.82) is 0 Å². The Hall–Kier alpha value is -1.23. The van der Waals surface area contributed by atoms with E-state index in [1.54, 1.807) is 12.1 Å². The van der Waals surface area contributed by atoms with E-state index in [2.05, 4.69) is 5.32 Å². The Morgan fingerprint density at radius 1 is 1.45 bits per heavy atom. The topological polar surface area (TPSA) is 43.3 Å². The van der Waals surface area contributed by atoms with Gasteiger partial charge in [-0.1, -0.05) is 23.2 Å². The third-order valence-corrected chi connectivity index (χ3v) is 4.43. The number of carbonyl (C=O) groups is 1. The zero-order valence-electron chi connectivity index (χ0n) is 11.0. The first kappa shape index (κ1) is 13.7. The average molecular weight is 313 g/mol. The van der Waals surface area contributed by atoms with Gasteiger partial charge in [0.25, 0.3) is 5.91 Å². The molecular formula is C14H14Cl2N2O2. The number of benzene rings is 1. The van der Waals surface area contributed by atoms with E-state index in [9.17, 15) is 4.79 Å². The Morgan fingerprint density at radius 2 is 2.25 bits per heavy atom. The van der Waals surface area contributed by atoms with Crippen LogP contribution in [-0.4, -0.2) is 29.7 Å². The number of fused-ring (bicyclic) bond motifs is 1. The minimum Gasteiger partial charge on any atom is -0.379 e. The van der Waals surface area contributed by atoms with Crippen molar-refractivity contribution in [3.8, 4) is 0 Å². The maximum Gasteiger partial charge on any atom is 0.268 e. The number of amides is 1. The zero-order chi connectivity index (χ0) is 14.3. The summed E-state index contributed by atoms with van der Waals surface area (Å²) in [5.74, 6) is -0.119. The molecule has 6 heteroatoms. The standard InChI is InChI=1S/C14H14Cl2N2O2/c1-18-11-3-2-10(15)13(16)9(11)6-12(18)14(19)17-8-4-5-20-7-8/h2-3,6,8H,4-5,7H2,1H3,(H,17,19). The first-order valence-corrected chi connectivity index (χ1v) is 7.15. The average Bonchev–Trinajstić information content (AvgIpc) is 3.03. The van der Waals surface area contributed by atoms with Gasteiger partial charge in [-0.05, 0) is 24.6 Å². The number of aromatic nitrogens is 1. The largest absolute Gasteiger partial charge is 0.379 e. The fraction of sp³-hybridized carbons (Fsp3) is 0.357. The number of rotatable bonds is 2. The molecule has 1 aliphatic heterocycles. The second-order valence-corrected chi connectivity index (χ2v) is 5.70. The highest BCUT2D eigenvalue weighted by atomic mass is 35.5. The predicted molar refractivity (Wildman–Crippen MR) is 79.6 cm³/mol. The lowest BCUT2D eigenvalue weighted by molar-refractivity contribution is 0.0922. The Bertz CT molecular complexity index is 675. The number of hydrogen-bond donors (Lipinski definition) is 1. The van der Waals surface area contributed by atoms with E-state index in [1.165, 1.54) is 0 Å². The summed E-state index contributed by atoms with van der Waals surface area (Å²) in [6.45, 7) is 1.27. The molecule has 106 valence electrons. The molecule has 1 N–H and O–H groups in total. The second-order valence-electron chi connectivity index (χ2n) is 4.92. The van der Waals surface area contributed by atoms with Crippen LogP contribution in [0.4, 0.5) is 0 Å². The molecule has 1 aliphatic rings. The third kappa shape index (κ3) is 2.28. The molecule has 1 aromatic heterocycles. The van der Waals surface area contributed by atoms with Crippen LogP contribution in [-0.2, 0) is 11.8 Å². The van der Waals surface area contributed by atoms with E-state index in [-0.39, 0.29) is 11.9 Å². The van der Waals surface area contributed by atoms with Gasteiger partial charge in [-0.2, -0.15) is 0 Å². The molecule has 2 aromatic rings. The molecule has 2 heterocycles. The summed E-state index contributed by atoms with van der Waals surface area (Å²) in [5.41, 5.74) is 1.45. The lowest BCUT2D eigenvalue weighted by Crippen LogP contribution is -2.35. The molecule has 3 rings (SSSR count). The Balaban J connectivity index is 1.97. The van der Waals surface area contributed by atoms with E-state index in [1.807, 2.05) is 17.7 Å². The smallest absolute Gasteiger partial charge is 0.268 e. The molecule has 1 aromatic carbocycles. The fourth-order valence-electron chi connectivity index (χ4n) is 2.47. The molecule has 1 fully saturated rings. The van der Waals surface area contributed by atoms with Gasteiger partial charge in [0.2, 0.25) is 0 Å². The molecule has 20 heavy (non-hydrogen) atoms. The van der Waals surface area contributed by atoms with Crippen LogP contribution in [0.5, 0.6) is 0 Å². The van der Waals surface area contributed by atoms with Gasteiger partial charge in [0.15, 0.2) is 0 Å². The van der Waals surface area contributed by atoms with Crippen LogP contribution in [0.1, 0.15) is 16.9 Å². The SMILES string of the molecule is Cn1c(C(=O)NC2CCOC2)cc2c(Cl)c(Cl)ccc21. The third-order valence-electron chi connectivity index (χ3n) is 3.61. The highest BCUT2D eigenvalue weighted by Gasteiger charge is 2.21. The van der Waals surface area contributed by atoms with Crippen molar-refractivity contribution >= 4 is 40.0 Å². The van der Waals surface area contributed by atoms with E-state index in [0.717, 1.165) is 17.3 Å². The molecule has 0 bridgehead atoms. The van der Waals surface area contributed by atoms with Crippen molar-refractivity contribution in [3.63, 3.8) is 0 Å². The fourth-order valence-corrected chi connectivity index (χ4v) is 2.85. The maximum atomic E-state index is 12.3. The summed E-state index contributed by atoms with van der Waals surface area (Å²) in [7, 11) is 1.84. The Morgan fingerprint density at radius 3 is 2.95 bits per heavy atom. The number of carbonyl (C=O) groups excluding carboxylic acids is 1. The molecule has 1 unspecified atom stereocenters. The monoisotopic (exact) mass is 312 g/mol. The molecule has 0 spiro atoms. The van der Waals surface area contributed by atoms with Crippen molar-refractivity contribution in [2.24, 2.45) is 7.05 Å². The summed E-state index contributed by atoms with van der Waals surface area (Å²) in [6.07, 6.45) is 0.849. The molecule has 0 saturated carbocycles. The number of nitrogens with one attached hydrogen (secondary N) is 1. The highest BCUT2D eigenvalue weighted by molar-refractivity contribution is 6.45. The number of aryl methyl sites for hydroxylation is 1. The van der Waals surface area contributed by atoms with E-state index in [4.69, 9.17) is 27.9 Å². The van der Waals surface area contributed by atoms with Crippen molar-refractivity contribution in [3.05, 3.63) is 33.9 Å². The van der Waals surface area contributed by atoms with Gasteiger partial charge in [-0.25, -0.2) is 0 Å². The maximum absolute atomic E-state index is 12.3. The molecule has 1 saturated heterocycles. The summed E-state index contributed by atoms with van der Waals surface area (Å²) >= 11 is 12.2. The molecule has 1 amide bonds. The Labute approximate surface area is 126 Å². The van der Waals surface area contributed by atoms with Crippen LogP contribution in [0, 0.1) is 0 Å². The second kappa shape index (κ2) is 5.28. The minimum absolute atomic E-state index is 0.0829. The molecule has 1 atom stereocenters. The number of ether oxygens (including phenoxy) is 1. The van der Waals surface area contributed by atoms with Crippen molar-refractivity contribution in [2.45, 2.75) is 12.5 Å². The summed E-state index contributed by atoms with van der Waals surface area (Å²) in [6, 6.07) is 5.45. The number of hydrogen-bond acceptors (Lipinski definition) is 2. The highest BCUT2D eigenvalue weighted by Crippen LogP contribution is 2.32. The zero-order valence-corrected chi connectivity index (χ0v) is 12.5. The summed E-state index contributed by atoms with van der Waals surface area (Å²) in [4.78, 5) is 12.3. The molecule has 0 radical (unpaired) electrons. The normalized spacial score (nSPS) is 18.6. The summed E-state index contributed by atoms with van der Waals surface area (Å²) < 4.78 is 7.08. The Kier molecular flexibility index (Phi) is 3.63. The van der Waals surface area contributed by atoms with Crippen molar-refractivity contribution < 1.29 is 9.53 Å². The van der Waals surface area contributed by atoms with Crippen LogP contribution in [0.25, 0.3) is 10.9 Å². The van der Waals surface area contributed by atoms with Gasteiger partial charge < -0.3 is 14.6 Å². The number of nitrogens with zero attached hydrogens (tertiary/aromatic N) is 1.